The van der Waals surface area contributed by atoms with Crippen molar-refractivity contribution in [2.24, 2.45) is 0 Å². The summed E-state index contributed by atoms with van der Waals surface area (Å²) in [6.45, 7) is 2.92. The fraction of sp³-hybridized carbons (Fsp3) is 0.364. The first-order valence-electron chi connectivity index (χ1n) is 4.92. The van der Waals surface area contributed by atoms with E-state index < -0.39 is 0 Å². The molecular weight excluding hydrogens is 214 g/mol. The van der Waals surface area contributed by atoms with Crippen LogP contribution in [0.25, 0.3) is 0 Å². The third-order valence-corrected chi connectivity index (χ3v) is 2.65. The van der Waals surface area contributed by atoms with Gasteiger partial charge >= 0.3 is 5.97 Å². The van der Waals surface area contributed by atoms with Gasteiger partial charge in [0.15, 0.2) is 0 Å². The number of benzene rings is 1. The van der Waals surface area contributed by atoms with Crippen LogP contribution in [0.15, 0.2) is 24.3 Å². The van der Waals surface area contributed by atoms with E-state index in [0.717, 1.165) is 5.69 Å². The summed E-state index contributed by atoms with van der Waals surface area (Å²) in [5, 5.41) is 0.671. The van der Waals surface area contributed by atoms with Crippen molar-refractivity contribution < 1.29 is 9.53 Å². The summed E-state index contributed by atoms with van der Waals surface area (Å²) in [5.74, 6) is -0.169. The molecule has 1 fully saturated rings. The zero-order chi connectivity index (χ0) is 10.8. The van der Waals surface area contributed by atoms with Crippen molar-refractivity contribution in [3.8, 4) is 0 Å². The van der Waals surface area contributed by atoms with Gasteiger partial charge in [0.2, 0.25) is 0 Å². The number of hydrogen-bond donors (Lipinski definition) is 0. The number of para-hydroxylation sites is 1. The van der Waals surface area contributed by atoms with Crippen LogP contribution in [0.4, 0.5) is 5.69 Å². The lowest BCUT2D eigenvalue weighted by Gasteiger charge is -2.06. The van der Waals surface area contributed by atoms with Crippen LogP contribution in [-0.4, -0.2) is 25.2 Å². The van der Waals surface area contributed by atoms with Gasteiger partial charge in [0.1, 0.15) is 6.04 Å². The Balaban J connectivity index is 2.05. The fourth-order valence-corrected chi connectivity index (χ4v) is 1.77. The van der Waals surface area contributed by atoms with Gasteiger partial charge in [-0.3, -0.25) is 0 Å². The molecule has 0 bridgehead atoms. The lowest BCUT2D eigenvalue weighted by Crippen LogP contribution is -2.15. The van der Waals surface area contributed by atoms with Crippen molar-refractivity contribution in [3.63, 3.8) is 0 Å². The van der Waals surface area contributed by atoms with Crippen LogP contribution in [0, 0.1) is 0 Å². The van der Waals surface area contributed by atoms with E-state index >= 15 is 0 Å². The number of hydrogen-bond acceptors (Lipinski definition) is 3. The zero-order valence-electron chi connectivity index (χ0n) is 8.44. The molecule has 3 nitrogen and oxygen atoms in total. The Morgan fingerprint density at radius 1 is 1.60 bits per heavy atom. The van der Waals surface area contributed by atoms with Gasteiger partial charge in [-0.25, -0.2) is 4.79 Å². The number of halogens is 1. The van der Waals surface area contributed by atoms with E-state index in [1.807, 2.05) is 29.2 Å². The molecule has 15 heavy (non-hydrogen) atoms. The molecule has 0 aliphatic carbocycles. The number of anilines is 1. The van der Waals surface area contributed by atoms with Gasteiger partial charge in [-0.15, -0.1) is 0 Å². The zero-order valence-corrected chi connectivity index (χ0v) is 9.20. The summed E-state index contributed by atoms with van der Waals surface area (Å²) in [7, 11) is 0. The molecule has 1 heterocycles. The lowest BCUT2D eigenvalue weighted by atomic mass is 10.3. The van der Waals surface area contributed by atoms with Gasteiger partial charge in [-0.1, -0.05) is 23.7 Å². The minimum atomic E-state index is -0.169. The predicted octanol–water partition coefficient (Wildman–Crippen LogP) is 2.09. The van der Waals surface area contributed by atoms with Crippen molar-refractivity contribution in [1.29, 1.82) is 0 Å². The van der Waals surface area contributed by atoms with Crippen molar-refractivity contribution in [2.75, 3.05) is 18.1 Å². The van der Waals surface area contributed by atoms with E-state index in [9.17, 15) is 4.79 Å². The van der Waals surface area contributed by atoms with Crippen molar-refractivity contribution >= 4 is 23.3 Å². The second kappa shape index (κ2) is 4.11. The molecule has 4 heteroatoms. The molecular formula is C11H12ClNO2. The summed E-state index contributed by atoms with van der Waals surface area (Å²) in [5.41, 5.74) is 0.900. The average molecular weight is 226 g/mol. The Morgan fingerprint density at radius 3 is 3.00 bits per heavy atom. The van der Waals surface area contributed by atoms with Crippen molar-refractivity contribution in [2.45, 2.75) is 13.0 Å². The Bertz CT molecular complexity index is 381. The third-order valence-electron chi connectivity index (χ3n) is 2.33. The van der Waals surface area contributed by atoms with Gasteiger partial charge in [0.25, 0.3) is 0 Å². The van der Waals surface area contributed by atoms with Crippen LogP contribution in [0.1, 0.15) is 6.92 Å². The molecule has 0 amide bonds. The summed E-state index contributed by atoms with van der Waals surface area (Å²) >= 11 is 6.01. The van der Waals surface area contributed by atoms with Gasteiger partial charge in [-0.2, -0.15) is 0 Å². The van der Waals surface area contributed by atoms with Crippen molar-refractivity contribution in [3.05, 3.63) is 29.3 Å². The number of carbonyl (C=O) groups excluding carboxylic acids is 1. The quantitative estimate of drug-likeness (QED) is 0.583. The van der Waals surface area contributed by atoms with Crippen LogP contribution in [0.5, 0.6) is 0 Å². The molecule has 0 radical (unpaired) electrons. The fourth-order valence-electron chi connectivity index (χ4n) is 1.53. The maximum absolute atomic E-state index is 11.4. The molecule has 2 rings (SSSR count). The molecule has 0 aromatic heterocycles. The molecule has 1 aromatic rings. The van der Waals surface area contributed by atoms with E-state index in [1.165, 1.54) is 0 Å². The summed E-state index contributed by atoms with van der Waals surface area (Å²) in [6, 6.07) is 7.35. The minimum Gasteiger partial charge on any atom is -0.464 e. The number of rotatable bonds is 3. The van der Waals surface area contributed by atoms with Crippen LogP contribution in [-0.2, 0) is 9.53 Å². The molecule has 0 N–H and O–H groups in total. The largest absolute Gasteiger partial charge is 0.464 e. The monoisotopic (exact) mass is 225 g/mol. The first kappa shape index (κ1) is 10.3. The Kier molecular flexibility index (Phi) is 2.82. The van der Waals surface area contributed by atoms with E-state index in [1.54, 1.807) is 6.92 Å². The third kappa shape index (κ3) is 2.07. The smallest absolute Gasteiger partial charge is 0.330 e. The second-order valence-corrected chi connectivity index (χ2v) is 3.78. The molecule has 1 saturated heterocycles. The van der Waals surface area contributed by atoms with E-state index in [-0.39, 0.29) is 12.0 Å². The Labute approximate surface area is 93.6 Å². The van der Waals surface area contributed by atoms with Crippen molar-refractivity contribution in [1.82, 2.24) is 0 Å². The first-order valence-corrected chi connectivity index (χ1v) is 5.29. The van der Waals surface area contributed by atoms with E-state index in [2.05, 4.69) is 0 Å². The SMILES string of the molecule is CCOC(=O)C1CN1c1ccccc1Cl. The normalized spacial score (nSPS) is 18.8. The van der Waals surface area contributed by atoms with Crippen LogP contribution in [0.2, 0.25) is 5.02 Å². The predicted molar refractivity (Wildman–Crippen MR) is 59.2 cm³/mol. The molecule has 80 valence electrons. The van der Waals surface area contributed by atoms with E-state index in [0.29, 0.717) is 18.2 Å². The highest BCUT2D eigenvalue weighted by atomic mass is 35.5. The molecule has 1 atom stereocenters. The van der Waals surface area contributed by atoms with Crippen LogP contribution >= 0.6 is 11.6 Å². The van der Waals surface area contributed by atoms with Gasteiger partial charge in [0.05, 0.1) is 23.9 Å². The number of ether oxygens (including phenoxy) is 1. The molecule has 1 aliphatic rings. The van der Waals surface area contributed by atoms with Gasteiger partial charge < -0.3 is 9.64 Å². The number of nitrogens with zero attached hydrogens (tertiary/aromatic N) is 1. The first-order chi connectivity index (χ1) is 7.24. The summed E-state index contributed by atoms with van der Waals surface area (Å²) in [6.07, 6.45) is 0. The highest BCUT2D eigenvalue weighted by Crippen LogP contribution is 2.34. The maximum Gasteiger partial charge on any atom is 0.330 e. The molecule has 0 spiro atoms. The minimum absolute atomic E-state index is 0.148. The Morgan fingerprint density at radius 2 is 2.33 bits per heavy atom. The Hall–Kier alpha value is -1.22. The van der Waals surface area contributed by atoms with Gasteiger partial charge in [-0.05, 0) is 19.1 Å². The molecule has 0 saturated carbocycles. The van der Waals surface area contributed by atoms with E-state index in [4.69, 9.17) is 16.3 Å². The second-order valence-electron chi connectivity index (χ2n) is 3.37. The van der Waals surface area contributed by atoms with Gasteiger partial charge in [0, 0.05) is 0 Å². The molecule has 1 aliphatic heterocycles. The lowest BCUT2D eigenvalue weighted by molar-refractivity contribution is -0.142. The highest BCUT2D eigenvalue weighted by Gasteiger charge is 2.42. The number of carbonyl (C=O) groups is 1. The average Bonchev–Trinajstić information content (AvgIpc) is 2.98. The van der Waals surface area contributed by atoms with Crippen LogP contribution in [0.3, 0.4) is 0 Å². The highest BCUT2D eigenvalue weighted by molar-refractivity contribution is 6.33. The maximum atomic E-state index is 11.4. The summed E-state index contributed by atoms with van der Waals surface area (Å²) in [4.78, 5) is 13.3. The number of esters is 1. The standard InChI is InChI=1S/C11H12ClNO2/c1-2-15-11(14)10-7-13(10)9-6-4-3-5-8(9)12/h3-6,10H,2,7H2,1H3. The molecule has 1 unspecified atom stereocenters. The molecule has 1 aromatic carbocycles. The topological polar surface area (TPSA) is 29.3 Å². The van der Waals surface area contributed by atoms with Crippen LogP contribution < -0.4 is 4.90 Å². The summed E-state index contributed by atoms with van der Waals surface area (Å²) < 4.78 is 4.93.